The molecule has 0 unspecified atom stereocenters. The predicted octanol–water partition coefficient (Wildman–Crippen LogP) is 1.23. The third-order valence-electron chi connectivity index (χ3n) is 2.82. The van der Waals surface area contributed by atoms with Gasteiger partial charge in [-0.15, -0.1) is 0 Å². The van der Waals surface area contributed by atoms with Crippen LogP contribution in [0.5, 0.6) is 0 Å². The lowest BCUT2D eigenvalue weighted by molar-refractivity contribution is -0.125. The minimum Gasteiger partial charge on any atom is -0.486 e. The molecule has 1 aliphatic carbocycles. The number of hydrogen-bond acceptors (Lipinski definition) is 3. The van der Waals surface area contributed by atoms with E-state index in [4.69, 9.17) is 4.74 Å². The maximum absolute atomic E-state index is 11.3. The van der Waals surface area contributed by atoms with Crippen LogP contribution in [0, 0.1) is 5.92 Å². The summed E-state index contributed by atoms with van der Waals surface area (Å²) >= 11 is 0. The van der Waals surface area contributed by atoms with E-state index < -0.39 is 0 Å². The van der Waals surface area contributed by atoms with Gasteiger partial charge in [-0.05, 0) is 20.3 Å². The number of Topliss-reactive ketones (excluding diaryl/α,β-unsaturated/α-hetero) is 2. The van der Waals surface area contributed by atoms with Crippen molar-refractivity contribution in [3.8, 4) is 0 Å². The van der Waals surface area contributed by atoms with E-state index in [9.17, 15) is 9.59 Å². The van der Waals surface area contributed by atoms with Gasteiger partial charge in [0.15, 0.2) is 17.7 Å². The van der Waals surface area contributed by atoms with E-state index >= 15 is 0 Å². The molecule has 2 rings (SSSR count). The third-order valence-corrected chi connectivity index (χ3v) is 2.82. The highest BCUT2D eigenvalue weighted by atomic mass is 16.5. The highest BCUT2D eigenvalue weighted by Crippen LogP contribution is 2.40. The summed E-state index contributed by atoms with van der Waals surface area (Å²) in [5.74, 6) is 0.876. The van der Waals surface area contributed by atoms with Crippen LogP contribution >= 0.6 is 0 Å². The van der Waals surface area contributed by atoms with E-state index in [-0.39, 0.29) is 23.6 Å². The number of ketones is 2. The first kappa shape index (κ1) is 8.48. The van der Waals surface area contributed by atoms with E-state index in [1.807, 2.05) is 0 Å². The lowest BCUT2D eigenvalue weighted by Crippen LogP contribution is -2.20. The van der Waals surface area contributed by atoms with Crippen LogP contribution in [0.25, 0.3) is 0 Å². The van der Waals surface area contributed by atoms with Gasteiger partial charge in [0.25, 0.3) is 0 Å². The molecule has 0 spiro atoms. The predicted molar refractivity (Wildman–Crippen MR) is 46.0 cm³/mol. The SMILES string of the molecule is CC(=O)C1=C(C)O[C@H]2C(=O)CC[C@@H]12. The largest absolute Gasteiger partial charge is 0.486 e. The molecule has 1 heterocycles. The Hall–Kier alpha value is -1.12. The van der Waals surface area contributed by atoms with Crippen LogP contribution in [0.3, 0.4) is 0 Å². The van der Waals surface area contributed by atoms with Crippen LogP contribution in [0.4, 0.5) is 0 Å². The normalized spacial score (nSPS) is 32.0. The van der Waals surface area contributed by atoms with Gasteiger partial charge in [-0.3, -0.25) is 9.59 Å². The second kappa shape index (κ2) is 2.69. The summed E-state index contributed by atoms with van der Waals surface area (Å²) in [5.41, 5.74) is 0.732. The smallest absolute Gasteiger partial charge is 0.173 e. The monoisotopic (exact) mass is 180 g/mol. The number of hydrogen-bond donors (Lipinski definition) is 0. The van der Waals surface area contributed by atoms with Crippen LogP contribution in [-0.4, -0.2) is 17.7 Å². The van der Waals surface area contributed by atoms with Crippen molar-refractivity contribution < 1.29 is 14.3 Å². The number of carbonyl (C=O) groups excluding carboxylic acids is 2. The van der Waals surface area contributed by atoms with Gasteiger partial charge in [-0.1, -0.05) is 0 Å². The second-order valence-electron chi connectivity index (χ2n) is 3.68. The van der Waals surface area contributed by atoms with Crippen LogP contribution < -0.4 is 0 Å². The number of fused-ring (bicyclic) bond motifs is 1. The number of rotatable bonds is 1. The molecule has 13 heavy (non-hydrogen) atoms. The summed E-state index contributed by atoms with van der Waals surface area (Å²) in [4.78, 5) is 22.6. The minimum absolute atomic E-state index is 0.0414. The molecule has 3 nitrogen and oxygen atoms in total. The molecule has 0 radical (unpaired) electrons. The maximum atomic E-state index is 11.3. The zero-order valence-electron chi connectivity index (χ0n) is 7.79. The van der Waals surface area contributed by atoms with Gasteiger partial charge in [-0.25, -0.2) is 0 Å². The Labute approximate surface area is 76.8 Å². The molecular weight excluding hydrogens is 168 g/mol. The first-order valence-electron chi connectivity index (χ1n) is 4.52. The fourth-order valence-electron chi connectivity index (χ4n) is 2.28. The molecule has 2 atom stereocenters. The Morgan fingerprint density at radius 1 is 1.54 bits per heavy atom. The van der Waals surface area contributed by atoms with Gasteiger partial charge in [0.05, 0.1) is 0 Å². The number of ether oxygens (including phenoxy) is 1. The van der Waals surface area contributed by atoms with Crippen molar-refractivity contribution >= 4 is 11.6 Å². The van der Waals surface area contributed by atoms with Gasteiger partial charge in [0.1, 0.15) is 5.76 Å². The summed E-state index contributed by atoms with van der Waals surface area (Å²) in [6, 6.07) is 0. The molecule has 1 aliphatic heterocycles. The zero-order chi connectivity index (χ0) is 9.59. The molecule has 70 valence electrons. The van der Waals surface area contributed by atoms with Gasteiger partial charge in [0, 0.05) is 17.9 Å². The van der Waals surface area contributed by atoms with Crippen molar-refractivity contribution in [1.29, 1.82) is 0 Å². The van der Waals surface area contributed by atoms with Crippen molar-refractivity contribution in [1.82, 2.24) is 0 Å². The summed E-state index contributed by atoms with van der Waals surface area (Å²) in [7, 11) is 0. The number of carbonyl (C=O) groups is 2. The van der Waals surface area contributed by atoms with Crippen LogP contribution in [0.15, 0.2) is 11.3 Å². The molecule has 1 saturated carbocycles. The molecule has 0 N–H and O–H groups in total. The first-order valence-corrected chi connectivity index (χ1v) is 4.52. The van der Waals surface area contributed by atoms with Gasteiger partial charge in [-0.2, -0.15) is 0 Å². The average Bonchev–Trinajstić information content (AvgIpc) is 2.51. The lowest BCUT2D eigenvalue weighted by atomic mass is 9.94. The molecule has 0 bridgehead atoms. The molecule has 3 heteroatoms. The summed E-state index contributed by atoms with van der Waals surface area (Å²) in [6.07, 6.45) is 0.980. The van der Waals surface area contributed by atoms with Crippen LogP contribution in [-0.2, 0) is 14.3 Å². The van der Waals surface area contributed by atoms with Crippen molar-refractivity contribution in [2.24, 2.45) is 5.92 Å². The molecule has 2 aliphatic rings. The molecular formula is C10H12O3. The van der Waals surface area contributed by atoms with E-state index in [2.05, 4.69) is 0 Å². The maximum Gasteiger partial charge on any atom is 0.173 e. The average molecular weight is 180 g/mol. The van der Waals surface area contributed by atoms with E-state index in [0.717, 1.165) is 12.0 Å². The molecule has 0 aromatic rings. The standard InChI is InChI=1S/C10H12O3/c1-5(11)9-6(2)13-10-7(9)3-4-8(10)12/h7,10H,3-4H2,1-2H3/t7-,10+/m0/s1. The van der Waals surface area contributed by atoms with Crippen molar-refractivity contribution in [3.63, 3.8) is 0 Å². The zero-order valence-corrected chi connectivity index (χ0v) is 7.79. The quantitative estimate of drug-likeness (QED) is 0.609. The highest BCUT2D eigenvalue weighted by molar-refractivity contribution is 5.98. The summed E-state index contributed by atoms with van der Waals surface area (Å²) in [5, 5.41) is 0. The van der Waals surface area contributed by atoms with Crippen molar-refractivity contribution in [3.05, 3.63) is 11.3 Å². The molecule has 0 aromatic heterocycles. The molecule has 0 saturated heterocycles. The summed E-state index contributed by atoms with van der Waals surface area (Å²) < 4.78 is 5.38. The van der Waals surface area contributed by atoms with Crippen molar-refractivity contribution in [2.75, 3.05) is 0 Å². The fraction of sp³-hybridized carbons (Fsp3) is 0.600. The minimum atomic E-state index is -0.348. The van der Waals surface area contributed by atoms with E-state index in [0.29, 0.717) is 12.2 Å². The summed E-state index contributed by atoms with van der Waals surface area (Å²) in [6.45, 7) is 3.30. The third kappa shape index (κ3) is 1.10. The Kier molecular flexibility index (Phi) is 1.75. The van der Waals surface area contributed by atoms with Gasteiger partial charge >= 0.3 is 0 Å². The van der Waals surface area contributed by atoms with Gasteiger partial charge < -0.3 is 4.74 Å². The second-order valence-corrected chi connectivity index (χ2v) is 3.68. The Balaban J connectivity index is 2.33. The van der Waals surface area contributed by atoms with E-state index in [1.165, 1.54) is 6.92 Å². The van der Waals surface area contributed by atoms with Crippen molar-refractivity contribution in [2.45, 2.75) is 32.8 Å². The topological polar surface area (TPSA) is 43.4 Å². The van der Waals surface area contributed by atoms with Crippen LogP contribution in [0.1, 0.15) is 26.7 Å². The molecule has 0 aromatic carbocycles. The lowest BCUT2D eigenvalue weighted by Gasteiger charge is -2.08. The number of allylic oxidation sites excluding steroid dienone is 1. The Bertz CT molecular complexity index is 314. The fourth-order valence-corrected chi connectivity index (χ4v) is 2.28. The molecule has 1 fully saturated rings. The first-order chi connectivity index (χ1) is 6.11. The van der Waals surface area contributed by atoms with Crippen LogP contribution in [0.2, 0.25) is 0 Å². The Morgan fingerprint density at radius 2 is 2.23 bits per heavy atom. The van der Waals surface area contributed by atoms with E-state index in [1.54, 1.807) is 6.92 Å². The Morgan fingerprint density at radius 3 is 2.85 bits per heavy atom. The van der Waals surface area contributed by atoms with Gasteiger partial charge in [0.2, 0.25) is 0 Å². The highest BCUT2D eigenvalue weighted by Gasteiger charge is 2.45. The molecule has 0 amide bonds.